The first kappa shape index (κ1) is 16.4. The molecule has 1 heterocycles. The number of hydrogen-bond donors (Lipinski definition) is 1. The van der Waals surface area contributed by atoms with Crippen molar-refractivity contribution in [1.29, 1.82) is 0 Å². The van der Waals surface area contributed by atoms with Crippen LogP contribution in [0.4, 0.5) is 16.2 Å². The number of ether oxygens (including phenoxy) is 1. The molecule has 1 aliphatic rings. The molecule has 3 rings (SSSR count). The lowest BCUT2D eigenvalue weighted by Crippen LogP contribution is -2.39. The zero-order chi connectivity index (χ0) is 16.9. The SMILES string of the molecule is CCOC(=O)c1ccccc1NC(=O)N1CCSc2ccccc21. The van der Waals surface area contributed by atoms with E-state index in [0.29, 0.717) is 17.8 Å². The van der Waals surface area contributed by atoms with Crippen LogP contribution in [0.2, 0.25) is 0 Å². The molecule has 0 saturated carbocycles. The summed E-state index contributed by atoms with van der Waals surface area (Å²) in [5.74, 6) is 0.396. The third-order valence-corrected chi connectivity index (χ3v) is 4.68. The Morgan fingerprint density at radius 2 is 1.92 bits per heavy atom. The number of urea groups is 1. The van der Waals surface area contributed by atoms with Crippen molar-refractivity contribution in [3.8, 4) is 0 Å². The van der Waals surface area contributed by atoms with E-state index in [1.165, 1.54) is 0 Å². The summed E-state index contributed by atoms with van der Waals surface area (Å²) >= 11 is 1.74. The molecule has 24 heavy (non-hydrogen) atoms. The van der Waals surface area contributed by atoms with Crippen LogP contribution >= 0.6 is 11.8 Å². The van der Waals surface area contributed by atoms with Crippen LogP contribution in [0.3, 0.4) is 0 Å². The van der Waals surface area contributed by atoms with Gasteiger partial charge in [0, 0.05) is 17.2 Å². The first-order valence-electron chi connectivity index (χ1n) is 7.77. The van der Waals surface area contributed by atoms with Crippen molar-refractivity contribution < 1.29 is 14.3 Å². The van der Waals surface area contributed by atoms with E-state index in [1.54, 1.807) is 47.9 Å². The maximum Gasteiger partial charge on any atom is 0.340 e. The van der Waals surface area contributed by atoms with Gasteiger partial charge in [0.1, 0.15) is 0 Å². The Labute approximate surface area is 145 Å². The molecule has 0 aliphatic carbocycles. The lowest BCUT2D eigenvalue weighted by Gasteiger charge is -2.29. The Morgan fingerprint density at radius 1 is 1.17 bits per heavy atom. The van der Waals surface area contributed by atoms with E-state index in [1.807, 2.05) is 24.3 Å². The molecule has 1 aliphatic heterocycles. The summed E-state index contributed by atoms with van der Waals surface area (Å²) in [6.45, 7) is 2.66. The van der Waals surface area contributed by atoms with E-state index in [0.717, 1.165) is 16.3 Å². The topological polar surface area (TPSA) is 58.6 Å². The van der Waals surface area contributed by atoms with E-state index in [2.05, 4.69) is 5.32 Å². The first-order valence-corrected chi connectivity index (χ1v) is 8.75. The Balaban J connectivity index is 1.83. The second-order valence-electron chi connectivity index (χ2n) is 5.16. The second kappa shape index (κ2) is 7.40. The summed E-state index contributed by atoms with van der Waals surface area (Å²) < 4.78 is 5.04. The number of fused-ring (bicyclic) bond motifs is 1. The zero-order valence-corrected chi connectivity index (χ0v) is 14.1. The van der Waals surface area contributed by atoms with Crippen LogP contribution in [0.1, 0.15) is 17.3 Å². The summed E-state index contributed by atoms with van der Waals surface area (Å²) in [5, 5.41) is 2.84. The Bertz CT molecular complexity index is 763. The Kier molecular flexibility index (Phi) is 5.05. The molecule has 124 valence electrons. The van der Waals surface area contributed by atoms with Crippen LogP contribution in [0.15, 0.2) is 53.4 Å². The minimum absolute atomic E-state index is 0.250. The van der Waals surface area contributed by atoms with E-state index in [-0.39, 0.29) is 12.6 Å². The summed E-state index contributed by atoms with van der Waals surface area (Å²) in [7, 11) is 0. The predicted molar refractivity (Wildman–Crippen MR) is 95.9 cm³/mol. The van der Waals surface area contributed by atoms with Gasteiger partial charge in [-0.1, -0.05) is 24.3 Å². The lowest BCUT2D eigenvalue weighted by atomic mass is 10.2. The highest BCUT2D eigenvalue weighted by molar-refractivity contribution is 7.99. The summed E-state index contributed by atoms with van der Waals surface area (Å²) in [4.78, 5) is 27.5. The fourth-order valence-corrected chi connectivity index (χ4v) is 3.54. The second-order valence-corrected chi connectivity index (χ2v) is 6.30. The minimum atomic E-state index is -0.442. The molecule has 0 spiro atoms. The fraction of sp³-hybridized carbons (Fsp3) is 0.222. The zero-order valence-electron chi connectivity index (χ0n) is 13.3. The number of thioether (sulfide) groups is 1. The number of nitrogens with zero attached hydrogens (tertiary/aromatic N) is 1. The largest absolute Gasteiger partial charge is 0.462 e. The van der Waals surface area contributed by atoms with Crippen molar-refractivity contribution >= 4 is 35.1 Å². The number of carbonyl (C=O) groups is 2. The Hall–Kier alpha value is -2.47. The van der Waals surface area contributed by atoms with Gasteiger partial charge >= 0.3 is 12.0 Å². The molecular formula is C18H18N2O3S. The number of nitrogens with one attached hydrogen (secondary N) is 1. The summed E-state index contributed by atoms with van der Waals surface area (Å²) in [6, 6.07) is 14.4. The third kappa shape index (κ3) is 3.38. The maximum atomic E-state index is 12.7. The van der Waals surface area contributed by atoms with Crippen molar-refractivity contribution in [2.45, 2.75) is 11.8 Å². The van der Waals surface area contributed by atoms with Crippen LogP contribution in [0, 0.1) is 0 Å². The van der Waals surface area contributed by atoms with Gasteiger partial charge < -0.3 is 10.1 Å². The number of rotatable bonds is 3. The molecule has 0 bridgehead atoms. The normalized spacial score (nSPS) is 13.1. The van der Waals surface area contributed by atoms with Crippen LogP contribution in [0.25, 0.3) is 0 Å². The molecule has 0 fully saturated rings. The molecule has 0 atom stereocenters. The van der Waals surface area contributed by atoms with Gasteiger partial charge in [-0.25, -0.2) is 9.59 Å². The van der Waals surface area contributed by atoms with E-state index >= 15 is 0 Å². The van der Waals surface area contributed by atoms with Gasteiger partial charge in [0.25, 0.3) is 0 Å². The number of anilines is 2. The molecule has 2 amide bonds. The molecule has 5 nitrogen and oxygen atoms in total. The van der Waals surface area contributed by atoms with Crippen LogP contribution in [-0.4, -0.2) is 30.9 Å². The van der Waals surface area contributed by atoms with Gasteiger partial charge in [-0.15, -0.1) is 11.8 Å². The van der Waals surface area contributed by atoms with Crippen LogP contribution in [-0.2, 0) is 4.74 Å². The van der Waals surface area contributed by atoms with E-state index < -0.39 is 5.97 Å². The average molecular weight is 342 g/mol. The monoisotopic (exact) mass is 342 g/mol. The van der Waals surface area contributed by atoms with Gasteiger partial charge in [-0.3, -0.25) is 4.90 Å². The molecular weight excluding hydrogens is 324 g/mol. The summed E-state index contributed by atoms with van der Waals surface area (Å²) in [5.41, 5.74) is 1.70. The number of benzene rings is 2. The van der Waals surface area contributed by atoms with Gasteiger partial charge in [0.15, 0.2) is 0 Å². The van der Waals surface area contributed by atoms with Gasteiger partial charge in [-0.2, -0.15) is 0 Å². The van der Waals surface area contributed by atoms with Gasteiger partial charge in [0.05, 0.1) is 23.5 Å². The highest BCUT2D eigenvalue weighted by atomic mass is 32.2. The third-order valence-electron chi connectivity index (χ3n) is 3.64. The smallest absolute Gasteiger partial charge is 0.340 e. The number of carbonyl (C=O) groups excluding carboxylic acids is 2. The van der Waals surface area contributed by atoms with Crippen LogP contribution in [0.5, 0.6) is 0 Å². The number of para-hydroxylation sites is 2. The molecule has 1 N–H and O–H groups in total. The first-order chi connectivity index (χ1) is 11.7. The van der Waals surface area contributed by atoms with E-state index in [4.69, 9.17) is 4.74 Å². The van der Waals surface area contributed by atoms with Crippen molar-refractivity contribution in [1.82, 2.24) is 0 Å². The predicted octanol–water partition coefficient (Wildman–Crippen LogP) is 4.01. The lowest BCUT2D eigenvalue weighted by molar-refractivity contribution is 0.0527. The van der Waals surface area contributed by atoms with Crippen molar-refractivity contribution in [3.63, 3.8) is 0 Å². The quantitative estimate of drug-likeness (QED) is 0.856. The molecule has 0 aromatic heterocycles. The highest BCUT2D eigenvalue weighted by Crippen LogP contribution is 2.34. The van der Waals surface area contributed by atoms with Gasteiger partial charge in [0.2, 0.25) is 0 Å². The summed E-state index contributed by atoms with van der Waals surface area (Å²) in [6.07, 6.45) is 0. The van der Waals surface area contributed by atoms with Crippen molar-refractivity contribution in [3.05, 3.63) is 54.1 Å². The van der Waals surface area contributed by atoms with Crippen molar-refractivity contribution in [2.24, 2.45) is 0 Å². The molecule has 0 unspecified atom stereocenters. The fourth-order valence-electron chi connectivity index (χ4n) is 2.54. The van der Waals surface area contributed by atoms with Gasteiger partial charge in [-0.05, 0) is 31.2 Å². The molecule has 0 saturated heterocycles. The van der Waals surface area contributed by atoms with E-state index in [9.17, 15) is 9.59 Å². The molecule has 0 radical (unpaired) electrons. The highest BCUT2D eigenvalue weighted by Gasteiger charge is 2.24. The average Bonchev–Trinajstić information content (AvgIpc) is 2.62. The van der Waals surface area contributed by atoms with Crippen molar-refractivity contribution in [2.75, 3.05) is 29.1 Å². The minimum Gasteiger partial charge on any atom is -0.462 e. The number of esters is 1. The van der Waals surface area contributed by atoms with Crippen LogP contribution < -0.4 is 10.2 Å². The number of amides is 2. The standard InChI is InChI=1S/C18H18N2O3S/c1-2-23-17(21)13-7-3-4-8-14(13)19-18(22)20-11-12-24-16-10-6-5-9-15(16)20/h3-10H,2,11-12H2,1H3,(H,19,22). The molecule has 2 aromatic rings. The number of hydrogen-bond acceptors (Lipinski definition) is 4. The maximum absolute atomic E-state index is 12.7. The molecule has 6 heteroatoms. The Morgan fingerprint density at radius 3 is 2.75 bits per heavy atom. The molecule has 2 aromatic carbocycles.